The highest BCUT2D eigenvalue weighted by molar-refractivity contribution is 14.1. The number of pyridine rings is 1. The molecule has 0 aliphatic carbocycles. The summed E-state index contributed by atoms with van der Waals surface area (Å²) in [6.45, 7) is 1.51. The number of carbonyl (C=O) groups excluding carboxylic acids is 1. The number of halogens is 1. The van der Waals surface area contributed by atoms with E-state index < -0.39 is 0 Å². The van der Waals surface area contributed by atoms with Gasteiger partial charge in [-0.3, -0.25) is 14.9 Å². The number of nitrogens with one attached hydrogen (secondary N) is 1. The molecule has 66 valence electrons. The van der Waals surface area contributed by atoms with Gasteiger partial charge < -0.3 is 0 Å². The van der Waals surface area contributed by atoms with Gasteiger partial charge >= 0.3 is 0 Å². The SMILES string of the molecule is CC(=O)c1cnc2c(I)[nH]nc2c1. The standard InChI is InChI=1S/C8H6IN3O/c1-4(13)5-2-6-7(10-3-5)8(9)12-11-6/h2-3H,1H3,(H,11,12). The average molecular weight is 287 g/mol. The van der Waals surface area contributed by atoms with Gasteiger partial charge in [-0.15, -0.1) is 0 Å². The van der Waals surface area contributed by atoms with Gasteiger partial charge in [0, 0.05) is 11.8 Å². The second kappa shape index (κ2) is 3.06. The topological polar surface area (TPSA) is 58.6 Å². The van der Waals surface area contributed by atoms with Crippen LogP contribution in [0.5, 0.6) is 0 Å². The molecular weight excluding hydrogens is 281 g/mol. The number of hydrogen-bond acceptors (Lipinski definition) is 3. The molecule has 2 rings (SSSR count). The summed E-state index contributed by atoms with van der Waals surface area (Å²) in [4.78, 5) is 15.2. The third kappa shape index (κ3) is 1.43. The highest BCUT2D eigenvalue weighted by atomic mass is 127. The molecule has 0 atom stereocenters. The summed E-state index contributed by atoms with van der Waals surface area (Å²) < 4.78 is 0.891. The Morgan fingerprint density at radius 3 is 3.08 bits per heavy atom. The van der Waals surface area contributed by atoms with Crippen molar-refractivity contribution >= 4 is 39.4 Å². The second-order valence-corrected chi connectivity index (χ2v) is 3.76. The van der Waals surface area contributed by atoms with Crippen molar-refractivity contribution in [3.63, 3.8) is 0 Å². The van der Waals surface area contributed by atoms with Gasteiger partial charge in [-0.2, -0.15) is 5.10 Å². The van der Waals surface area contributed by atoms with Gasteiger partial charge in [0.15, 0.2) is 5.78 Å². The summed E-state index contributed by atoms with van der Waals surface area (Å²) in [7, 11) is 0. The molecule has 13 heavy (non-hydrogen) atoms. The van der Waals surface area contributed by atoms with Crippen molar-refractivity contribution in [2.24, 2.45) is 0 Å². The summed E-state index contributed by atoms with van der Waals surface area (Å²) in [5.74, 6) is 0.00686. The highest BCUT2D eigenvalue weighted by Crippen LogP contribution is 2.15. The van der Waals surface area contributed by atoms with Crippen LogP contribution < -0.4 is 0 Å². The first-order valence-electron chi connectivity index (χ1n) is 3.69. The van der Waals surface area contributed by atoms with Gasteiger partial charge in [-0.1, -0.05) is 0 Å². The van der Waals surface area contributed by atoms with Crippen molar-refractivity contribution in [3.8, 4) is 0 Å². The number of nitrogens with zero attached hydrogens (tertiary/aromatic N) is 2. The predicted molar refractivity (Wildman–Crippen MR) is 56.6 cm³/mol. The maximum atomic E-state index is 11.0. The Labute approximate surface area is 87.9 Å². The second-order valence-electron chi connectivity index (χ2n) is 2.69. The smallest absolute Gasteiger partial charge is 0.161 e. The largest absolute Gasteiger partial charge is 0.294 e. The van der Waals surface area contributed by atoms with Gasteiger partial charge in [-0.05, 0) is 35.6 Å². The maximum absolute atomic E-state index is 11.0. The van der Waals surface area contributed by atoms with Crippen molar-refractivity contribution in [1.82, 2.24) is 15.2 Å². The monoisotopic (exact) mass is 287 g/mol. The summed E-state index contributed by atoms with van der Waals surface area (Å²) in [5.41, 5.74) is 2.14. The molecular formula is C8H6IN3O. The van der Waals surface area contributed by atoms with Crippen molar-refractivity contribution in [1.29, 1.82) is 0 Å². The van der Waals surface area contributed by atoms with Crippen LogP contribution in [0.2, 0.25) is 0 Å². The molecule has 4 nitrogen and oxygen atoms in total. The number of ketones is 1. The molecule has 2 aromatic heterocycles. The fourth-order valence-corrected chi connectivity index (χ4v) is 1.60. The number of hydrogen-bond donors (Lipinski definition) is 1. The van der Waals surface area contributed by atoms with Crippen molar-refractivity contribution < 1.29 is 4.79 Å². The van der Waals surface area contributed by atoms with Crippen LogP contribution in [0.1, 0.15) is 17.3 Å². The zero-order chi connectivity index (χ0) is 9.42. The number of Topliss-reactive ketones (excluding diaryl/α,β-unsaturated/α-hetero) is 1. The molecule has 0 saturated carbocycles. The molecule has 0 unspecified atom stereocenters. The Morgan fingerprint density at radius 1 is 1.62 bits per heavy atom. The van der Waals surface area contributed by atoms with E-state index in [9.17, 15) is 4.79 Å². The van der Waals surface area contributed by atoms with Crippen LogP contribution in [0.15, 0.2) is 12.3 Å². The van der Waals surface area contributed by atoms with Crippen LogP contribution in [0.25, 0.3) is 11.0 Å². The minimum absolute atomic E-state index is 0.00686. The minimum Gasteiger partial charge on any atom is -0.294 e. The van der Waals surface area contributed by atoms with Crippen LogP contribution in [0.4, 0.5) is 0 Å². The molecule has 2 aromatic rings. The molecule has 0 spiro atoms. The Morgan fingerprint density at radius 2 is 2.38 bits per heavy atom. The van der Waals surface area contributed by atoms with Crippen molar-refractivity contribution in [2.75, 3.05) is 0 Å². The summed E-state index contributed by atoms with van der Waals surface area (Å²) in [6, 6.07) is 1.74. The first-order valence-corrected chi connectivity index (χ1v) is 4.77. The molecule has 2 heterocycles. The molecule has 0 bridgehead atoms. The molecule has 0 saturated heterocycles. The van der Waals surface area contributed by atoms with Crippen molar-refractivity contribution in [3.05, 3.63) is 21.5 Å². The van der Waals surface area contributed by atoms with Crippen LogP contribution >= 0.6 is 22.6 Å². The van der Waals surface area contributed by atoms with E-state index in [1.807, 2.05) is 0 Å². The zero-order valence-corrected chi connectivity index (χ0v) is 8.99. The number of carbonyl (C=O) groups is 1. The van der Waals surface area contributed by atoms with E-state index in [2.05, 4.69) is 37.8 Å². The Kier molecular flexibility index (Phi) is 2.03. The lowest BCUT2D eigenvalue weighted by Crippen LogP contribution is -1.92. The summed E-state index contributed by atoms with van der Waals surface area (Å²) >= 11 is 2.12. The maximum Gasteiger partial charge on any atom is 0.161 e. The number of rotatable bonds is 1. The van der Waals surface area contributed by atoms with Gasteiger partial charge in [0.2, 0.25) is 0 Å². The predicted octanol–water partition coefficient (Wildman–Crippen LogP) is 1.77. The molecule has 0 aromatic carbocycles. The zero-order valence-electron chi connectivity index (χ0n) is 6.84. The lowest BCUT2D eigenvalue weighted by atomic mass is 10.2. The van der Waals surface area contributed by atoms with E-state index in [0.717, 1.165) is 14.7 Å². The van der Waals surface area contributed by atoms with E-state index in [1.54, 1.807) is 12.3 Å². The molecule has 0 amide bonds. The Balaban J connectivity index is 2.70. The van der Waals surface area contributed by atoms with E-state index >= 15 is 0 Å². The first-order chi connectivity index (χ1) is 6.18. The van der Waals surface area contributed by atoms with Gasteiger partial charge in [0.1, 0.15) is 14.7 Å². The molecule has 5 heteroatoms. The summed E-state index contributed by atoms with van der Waals surface area (Å²) in [5, 5.41) is 6.82. The molecule has 0 fully saturated rings. The van der Waals surface area contributed by atoms with Gasteiger partial charge in [0.25, 0.3) is 0 Å². The number of aromatic amines is 1. The lowest BCUT2D eigenvalue weighted by molar-refractivity contribution is 0.101. The van der Waals surface area contributed by atoms with E-state index in [0.29, 0.717) is 5.56 Å². The van der Waals surface area contributed by atoms with E-state index in [1.165, 1.54) is 6.92 Å². The number of fused-ring (bicyclic) bond motifs is 1. The van der Waals surface area contributed by atoms with E-state index in [4.69, 9.17) is 0 Å². The normalized spacial score (nSPS) is 10.6. The molecule has 1 N–H and O–H groups in total. The lowest BCUT2D eigenvalue weighted by Gasteiger charge is -1.93. The molecule has 0 aliphatic heterocycles. The number of H-pyrrole nitrogens is 1. The molecule has 0 aliphatic rings. The first kappa shape index (κ1) is 8.61. The Bertz CT molecular complexity index is 477. The summed E-state index contributed by atoms with van der Waals surface area (Å²) in [6.07, 6.45) is 1.57. The third-order valence-corrected chi connectivity index (χ3v) is 2.51. The molecule has 0 radical (unpaired) electrons. The fraction of sp³-hybridized carbons (Fsp3) is 0.125. The van der Waals surface area contributed by atoms with Crippen LogP contribution in [-0.2, 0) is 0 Å². The highest BCUT2D eigenvalue weighted by Gasteiger charge is 2.06. The average Bonchev–Trinajstić information content (AvgIpc) is 2.47. The third-order valence-electron chi connectivity index (χ3n) is 1.76. The quantitative estimate of drug-likeness (QED) is 0.642. The van der Waals surface area contributed by atoms with Crippen molar-refractivity contribution in [2.45, 2.75) is 6.92 Å². The minimum atomic E-state index is 0.00686. The van der Waals surface area contributed by atoms with E-state index in [-0.39, 0.29) is 5.78 Å². The van der Waals surface area contributed by atoms with Gasteiger partial charge in [-0.25, -0.2) is 0 Å². The van der Waals surface area contributed by atoms with Crippen LogP contribution in [-0.4, -0.2) is 21.0 Å². The fourth-order valence-electron chi connectivity index (χ4n) is 1.06. The number of aromatic nitrogens is 3. The van der Waals surface area contributed by atoms with Crippen LogP contribution in [0, 0.1) is 3.70 Å². The Hall–Kier alpha value is -0.980. The van der Waals surface area contributed by atoms with Gasteiger partial charge in [0.05, 0.1) is 0 Å². The van der Waals surface area contributed by atoms with Crippen LogP contribution in [0.3, 0.4) is 0 Å².